The normalized spacial score (nSPS) is 10.5. The summed E-state index contributed by atoms with van der Waals surface area (Å²) < 4.78 is 6.66. The van der Waals surface area contributed by atoms with Crippen molar-refractivity contribution in [1.29, 1.82) is 0 Å². The van der Waals surface area contributed by atoms with Crippen molar-refractivity contribution in [3.05, 3.63) is 59.1 Å². The van der Waals surface area contributed by atoms with Crippen molar-refractivity contribution in [1.82, 2.24) is 25.2 Å². The number of hydrogen-bond acceptors (Lipinski definition) is 5. The van der Waals surface area contributed by atoms with Gasteiger partial charge in [0.1, 0.15) is 5.69 Å². The maximum absolute atomic E-state index is 11.8. The number of aromatic amines is 1. The molecule has 0 saturated carbocycles. The van der Waals surface area contributed by atoms with E-state index in [4.69, 9.17) is 16.3 Å². The highest BCUT2D eigenvalue weighted by Gasteiger charge is 2.13. The molecular weight excluding hydrogens is 294 g/mol. The predicted molar refractivity (Wildman–Crippen MR) is 74.1 cm³/mol. The first kappa shape index (κ1) is 13.3. The number of rotatable bonds is 4. The number of para-hydroxylation sites is 1. The minimum absolute atomic E-state index is 0.0443. The summed E-state index contributed by atoms with van der Waals surface area (Å²) in [5, 5.41) is 11.8. The third-order valence-electron chi connectivity index (χ3n) is 2.73. The molecule has 1 aromatic carbocycles. The molecular formula is C13H10ClN5O2. The van der Waals surface area contributed by atoms with E-state index in [0.717, 1.165) is 5.69 Å². The monoisotopic (exact) mass is 303 g/mol. The molecule has 3 aromatic rings. The van der Waals surface area contributed by atoms with Crippen LogP contribution in [0.3, 0.4) is 0 Å². The van der Waals surface area contributed by atoms with Crippen LogP contribution in [0.2, 0.25) is 5.02 Å². The molecule has 2 aromatic heterocycles. The summed E-state index contributed by atoms with van der Waals surface area (Å²) in [5.74, 6) is -0.100. The van der Waals surface area contributed by atoms with E-state index < -0.39 is 5.97 Å². The fourth-order valence-electron chi connectivity index (χ4n) is 1.76. The average Bonchev–Trinajstić information content (AvgIpc) is 3.14. The number of nitrogens with one attached hydrogen (secondary N) is 1. The van der Waals surface area contributed by atoms with E-state index in [1.807, 2.05) is 30.3 Å². The van der Waals surface area contributed by atoms with Crippen molar-refractivity contribution < 1.29 is 9.53 Å². The van der Waals surface area contributed by atoms with Gasteiger partial charge in [-0.15, -0.1) is 5.10 Å². The first-order valence-electron chi connectivity index (χ1n) is 6.08. The van der Waals surface area contributed by atoms with Crippen molar-refractivity contribution in [2.45, 2.75) is 6.61 Å². The lowest BCUT2D eigenvalue weighted by atomic mass is 10.3. The van der Waals surface area contributed by atoms with Crippen molar-refractivity contribution in [2.75, 3.05) is 0 Å². The molecule has 0 spiro atoms. The smallest absolute Gasteiger partial charge is 0.355 e. The number of aromatic nitrogens is 5. The van der Waals surface area contributed by atoms with Crippen LogP contribution in [-0.2, 0) is 11.3 Å². The highest BCUT2D eigenvalue weighted by atomic mass is 35.5. The zero-order valence-electron chi connectivity index (χ0n) is 10.7. The van der Waals surface area contributed by atoms with Crippen LogP contribution in [0.5, 0.6) is 0 Å². The molecule has 106 valence electrons. The number of esters is 1. The minimum Gasteiger partial charge on any atom is -0.453 e. The molecule has 21 heavy (non-hydrogen) atoms. The van der Waals surface area contributed by atoms with Crippen molar-refractivity contribution in [2.24, 2.45) is 0 Å². The van der Waals surface area contributed by atoms with Gasteiger partial charge in [0, 0.05) is 6.20 Å². The van der Waals surface area contributed by atoms with Gasteiger partial charge in [-0.05, 0) is 28.6 Å². The van der Waals surface area contributed by atoms with Crippen molar-refractivity contribution >= 4 is 17.6 Å². The topological polar surface area (TPSA) is 85.7 Å². The van der Waals surface area contributed by atoms with Crippen LogP contribution in [0, 0.1) is 0 Å². The van der Waals surface area contributed by atoms with Gasteiger partial charge in [-0.2, -0.15) is 4.68 Å². The Bertz CT molecular complexity index is 753. The minimum atomic E-state index is -0.524. The summed E-state index contributed by atoms with van der Waals surface area (Å²) in [6.45, 7) is -0.0443. The quantitative estimate of drug-likeness (QED) is 0.745. The maximum Gasteiger partial charge on any atom is 0.355 e. The summed E-state index contributed by atoms with van der Waals surface area (Å²) in [6.07, 6.45) is 1.51. The van der Waals surface area contributed by atoms with Crippen molar-refractivity contribution in [3.63, 3.8) is 0 Å². The number of tetrazole rings is 1. The molecule has 8 heteroatoms. The number of benzene rings is 1. The molecule has 3 rings (SSSR count). The van der Waals surface area contributed by atoms with Crippen LogP contribution < -0.4 is 0 Å². The molecule has 0 aliphatic rings. The summed E-state index contributed by atoms with van der Waals surface area (Å²) in [5.41, 5.74) is 1.07. The summed E-state index contributed by atoms with van der Waals surface area (Å²) in [4.78, 5) is 14.5. The Labute approximate surface area is 124 Å². The third-order valence-corrected chi connectivity index (χ3v) is 2.95. The Morgan fingerprint density at radius 2 is 2.14 bits per heavy atom. The van der Waals surface area contributed by atoms with Gasteiger partial charge in [0.2, 0.25) is 0 Å². The first-order valence-corrected chi connectivity index (χ1v) is 6.45. The number of nitrogens with zero attached hydrogens (tertiary/aromatic N) is 4. The summed E-state index contributed by atoms with van der Waals surface area (Å²) in [7, 11) is 0. The van der Waals surface area contributed by atoms with E-state index in [1.165, 1.54) is 16.9 Å². The highest BCUT2D eigenvalue weighted by Crippen LogP contribution is 2.12. The maximum atomic E-state index is 11.8. The lowest BCUT2D eigenvalue weighted by Crippen LogP contribution is -2.10. The van der Waals surface area contributed by atoms with Gasteiger partial charge in [0.25, 0.3) is 0 Å². The summed E-state index contributed by atoms with van der Waals surface area (Å²) in [6, 6.07) is 10.8. The fourth-order valence-corrected chi connectivity index (χ4v) is 1.92. The molecule has 0 fully saturated rings. The molecule has 0 amide bonds. The molecule has 0 aliphatic carbocycles. The van der Waals surface area contributed by atoms with E-state index in [-0.39, 0.29) is 12.3 Å². The zero-order chi connectivity index (χ0) is 14.7. The van der Waals surface area contributed by atoms with Crippen LogP contribution >= 0.6 is 11.6 Å². The molecule has 0 radical (unpaired) electrons. The lowest BCUT2D eigenvalue weighted by Gasteiger charge is -2.05. The van der Waals surface area contributed by atoms with E-state index >= 15 is 0 Å². The number of ether oxygens (including phenoxy) is 1. The first-order chi connectivity index (χ1) is 10.2. The molecule has 0 aliphatic heterocycles. The predicted octanol–water partition coefficient (Wildman–Crippen LogP) is 2.00. The molecule has 1 N–H and O–H groups in total. The van der Waals surface area contributed by atoms with E-state index in [2.05, 4.69) is 20.5 Å². The van der Waals surface area contributed by atoms with Crippen LogP contribution in [-0.4, -0.2) is 31.2 Å². The van der Waals surface area contributed by atoms with E-state index in [9.17, 15) is 4.79 Å². The summed E-state index contributed by atoms with van der Waals surface area (Å²) >= 11 is 5.73. The highest BCUT2D eigenvalue weighted by molar-refractivity contribution is 6.30. The van der Waals surface area contributed by atoms with Gasteiger partial charge in [-0.25, -0.2) is 4.79 Å². The Kier molecular flexibility index (Phi) is 3.65. The van der Waals surface area contributed by atoms with Crippen LogP contribution in [0.25, 0.3) is 5.69 Å². The van der Waals surface area contributed by atoms with Crippen LogP contribution in [0.15, 0.2) is 42.6 Å². The number of halogens is 1. The second kappa shape index (κ2) is 5.76. The van der Waals surface area contributed by atoms with Gasteiger partial charge >= 0.3 is 5.97 Å². The second-order valence-corrected chi connectivity index (χ2v) is 4.59. The van der Waals surface area contributed by atoms with Crippen molar-refractivity contribution in [3.8, 4) is 5.69 Å². The third kappa shape index (κ3) is 2.92. The average molecular weight is 304 g/mol. The van der Waals surface area contributed by atoms with E-state index in [0.29, 0.717) is 10.8 Å². The molecule has 0 bridgehead atoms. The Balaban J connectivity index is 1.72. The zero-order valence-corrected chi connectivity index (χ0v) is 11.5. The van der Waals surface area contributed by atoms with E-state index in [1.54, 1.807) is 0 Å². The Hall–Kier alpha value is -2.67. The SMILES string of the molecule is O=C(OCc1nnnn1-c1ccccc1)c1cc(Cl)c[nH]1. The van der Waals surface area contributed by atoms with Gasteiger partial charge in [0.15, 0.2) is 12.4 Å². The molecule has 0 saturated heterocycles. The van der Waals surface area contributed by atoms with Gasteiger partial charge in [-0.1, -0.05) is 29.8 Å². The largest absolute Gasteiger partial charge is 0.453 e. The van der Waals surface area contributed by atoms with Crippen LogP contribution in [0.1, 0.15) is 16.3 Å². The Morgan fingerprint density at radius 3 is 2.86 bits per heavy atom. The Morgan fingerprint density at radius 1 is 1.33 bits per heavy atom. The number of carbonyl (C=O) groups excluding carboxylic acids is 1. The van der Waals surface area contributed by atoms with Gasteiger partial charge < -0.3 is 9.72 Å². The molecule has 0 atom stereocenters. The number of hydrogen-bond donors (Lipinski definition) is 1. The van der Waals surface area contributed by atoms with Gasteiger partial charge in [-0.3, -0.25) is 0 Å². The molecule has 7 nitrogen and oxygen atoms in total. The van der Waals surface area contributed by atoms with Gasteiger partial charge in [0.05, 0.1) is 10.7 Å². The van der Waals surface area contributed by atoms with Crippen LogP contribution in [0.4, 0.5) is 0 Å². The molecule has 0 unspecified atom stereocenters. The number of carbonyl (C=O) groups is 1. The number of H-pyrrole nitrogens is 1. The fraction of sp³-hybridized carbons (Fsp3) is 0.0769. The standard InChI is InChI=1S/C13H10ClN5O2/c14-9-6-11(15-7-9)13(20)21-8-12-16-17-18-19(12)10-4-2-1-3-5-10/h1-7,15H,8H2. The lowest BCUT2D eigenvalue weighted by molar-refractivity contribution is 0.0453. The molecule has 2 heterocycles. The second-order valence-electron chi connectivity index (χ2n) is 4.15.